The summed E-state index contributed by atoms with van der Waals surface area (Å²) in [6.07, 6.45) is 4.88. The fraction of sp³-hybridized carbons (Fsp3) is 0.400. The van der Waals surface area contributed by atoms with E-state index in [0.717, 1.165) is 30.0 Å². The lowest BCUT2D eigenvalue weighted by Crippen LogP contribution is -2.25. The van der Waals surface area contributed by atoms with Crippen LogP contribution >= 0.6 is 0 Å². The Hall–Kier alpha value is -1.85. The normalized spacial score (nSPS) is 12.3. The van der Waals surface area contributed by atoms with Gasteiger partial charge in [-0.3, -0.25) is 0 Å². The van der Waals surface area contributed by atoms with Crippen LogP contribution in [0.4, 0.5) is 0 Å². The number of aliphatic hydroxyl groups is 1. The molecule has 108 valence electrons. The van der Waals surface area contributed by atoms with Crippen LogP contribution in [0.2, 0.25) is 0 Å². The molecule has 1 aromatic heterocycles. The molecule has 0 saturated carbocycles. The monoisotopic (exact) mass is 275 g/mol. The number of hydrogen-bond donors (Lipinski definition) is 2. The predicted octanol–water partition coefficient (Wildman–Crippen LogP) is 1.52. The van der Waals surface area contributed by atoms with Crippen molar-refractivity contribution in [1.29, 1.82) is 0 Å². The van der Waals surface area contributed by atoms with E-state index in [2.05, 4.69) is 10.3 Å². The van der Waals surface area contributed by atoms with Gasteiger partial charge in [-0.2, -0.15) is 0 Å². The maximum atomic E-state index is 10.3. The average Bonchev–Trinajstić information content (AvgIpc) is 2.96. The molecule has 2 N–H and O–H groups in total. The number of rotatable bonds is 7. The molecular formula is C15H21N3O2. The fourth-order valence-corrected chi connectivity index (χ4v) is 2.09. The number of aryl methyl sites for hydroxylation is 1. The number of nitrogens with one attached hydrogen (secondary N) is 1. The molecule has 1 unspecified atom stereocenters. The predicted molar refractivity (Wildman–Crippen MR) is 77.8 cm³/mol. The first-order valence-electron chi connectivity index (χ1n) is 6.69. The first-order chi connectivity index (χ1) is 9.70. The van der Waals surface area contributed by atoms with E-state index >= 15 is 0 Å². The molecule has 2 rings (SSSR count). The van der Waals surface area contributed by atoms with Crippen molar-refractivity contribution in [3.63, 3.8) is 0 Å². The Bertz CT molecular complexity index is 526. The molecule has 0 radical (unpaired) electrons. The number of ether oxygens (including phenoxy) is 1. The van der Waals surface area contributed by atoms with Gasteiger partial charge in [-0.1, -0.05) is 11.6 Å². The van der Waals surface area contributed by atoms with Crippen LogP contribution in [0.5, 0.6) is 5.75 Å². The summed E-state index contributed by atoms with van der Waals surface area (Å²) < 4.78 is 7.28. The van der Waals surface area contributed by atoms with Crippen LogP contribution in [0.25, 0.3) is 0 Å². The molecule has 20 heavy (non-hydrogen) atoms. The van der Waals surface area contributed by atoms with E-state index in [1.165, 1.54) is 0 Å². The quantitative estimate of drug-likeness (QED) is 0.752. The Morgan fingerprint density at radius 1 is 1.45 bits per heavy atom. The van der Waals surface area contributed by atoms with Crippen LogP contribution in [-0.2, 0) is 6.54 Å². The summed E-state index contributed by atoms with van der Waals surface area (Å²) in [6.45, 7) is 4.11. The summed E-state index contributed by atoms with van der Waals surface area (Å²) in [5, 5.41) is 13.5. The van der Waals surface area contributed by atoms with Crippen LogP contribution in [0.15, 0.2) is 36.9 Å². The highest BCUT2D eigenvalue weighted by molar-refractivity contribution is 5.38. The van der Waals surface area contributed by atoms with Crippen LogP contribution in [0.3, 0.4) is 0 Å². The van der Waals surface area contributed by atoms with Gasteiger partial charge >= 0.3 is 0 Å². The van der Waals surface area contributed by atoms with E-state index in [-0.39, 0.29) is 0 Å². The summed E-state index contributed by atoms with van der Waals surface area (Å²) >= 11 is 0. The van der Waals surface area contributed by atoms with Gasteiger partial charge in [0.25, 0.3) is 0 Å². The lowest BCUT2D eigenvalue weighted by Gasteiger charge is -2.16. The first-order valence-corrected chi connectivity index (χ1v) is 6.69. The number of benzene rings is 1. The summed E-state index contributed by atoms with van der Waals surface area (Å²) in [7, 11) is 1.62. The van der Waals surface area contributed by atoms with Gasteiger partial charge in [-0.05, 0) is 19.1 Å². The zero-order chi connectivity index (χ0) is 14.4. The van der Waals surface area contributed by atoms with Crippen molar-refractivity contribution in [3.8, 4) is 5.75 Å². The van der Waals surface area contributed by atoms with Gasteiger partial charge in [0.15, 0.2) is 0 Å². The molecule has 0 aliphatic carbocycles. The van der Waals surface area contributed by atoms with Crippen LogP contribution < -0.4 is 10.1 Å². The molecule has 0 saturated heterocycles. The second-order valence-electron chi connectivity index (χ2n) is 4.77. The minimum Gasteiger partial charge on any atom is -0.496 e. The van der Waals surface area contributed by atoms with E-state index in [1.807, 2.05) is 35.9 Å². The fourth-order valence-electron chi connectivity index (χ4n) is 2.09. The molecule has 2 aromatic rings. The number of imidazole rings is 1. The van der Waals surface area contributed by atoms with Gasteiger partial charge in [0, 0.05) is 37.6 Å². The van der Waals surface area contributed by atoms with E-state index in [4.69, 9.17) is 4.74 Å². The van der Waals surface area contributed by atoms with E-state index < -0.39 is 6.10 Å². The number of nitrogens with zero attached hydrogens (tertiary/aromatic N) is 2. The maximum absolute atomic E-state index is 10.3. The van der Waals surface area contributed by atoms with Crippen molar-refractivity contribution in [2.24, 2.45) is 0 Å². The van der Waals surface area contributed by atoms with Crippen molar-refractivity contribution in [2.45, 2.75) is 19.6 Å². The Kier molecular flexibility index (Phi) is 5.15. The summed E-state index contributed by atoms with van der Waals surface area (Å²) in [6, 6.07) is 5.82. The standard InChI is InChI=1S/C15H21N3O2/c1-12-3-4-15(20-2)13(9-12)14(19)10-16-5-7-18-8-6-17-11-18/h3-4,6,8-9,11,14,16,19H,5,7,10H2,1-2H3. The molecule has 5 nitrogen and oxygen atoms in total. The second-order valence-corrected chi connectivity index (χ2v) is 4.77. The third-order valence-corrected chi connectivity index (χ3v) is 3.19. The van der Waals surface area contributed by atoms with Gasteiger partial charge in [0.2, 0.25) is 0 Å². The summed E-state index contributed by atoms with van der Waals surface area (Å²) in [4.78, 5) is 3.99. The van der Waals surface area contributed by atoms with Crippen molar-refractivity contribution in [1.82, 2.24) is 14.9 Å². The van der Waals surface area contributed by atoms with E-state index in [1.54, 1.807) is 19.6 Å². The molecule has 1 aromatic carbocycles. The lowest BCUT2D eigenvalue weighted by atomic mass is 10.1. The van der Waals surface area contributed by atoms with Crippen molar-refractivity contribution < 1.29 is 9.84 Å². The molecule has 0 spiro atoms. The summed E-state index contributed by atoms with van der Waals surface area (Å²) in [5.41, 5.74) is 1.93. The van der Waals surface area contributed by atoms with Gasteiger partial charge in [-0.15, -0.1) is 0 Å². The molecule has 0 bridgehead atoms. The van der Waals surface area contributed by atoms with E-state index in [9.17, 15) is 5.11 Å². The van der Waals surface area contributed by atoms with E-state index in [0.29, 0.717) is 6.54 Å². The SMILES string of the molecule is COc1ccc(C)cc1C(O)CNCCn1ccnc1. The highest BCUT2D eigenvalue weighted by Gasteiger charge is 2.12. The Labute approximate surface area is 119 Å². The molecule has 1 atom stereocenters. The van der Waals surface area contributed by atoms with Crippen molar-refractivity contribution >= 4 is 0 Å². The highest BCUT2D eigenvalue weighted by Crippen LogP contribution is 2.25. The topological polar surface area (TPSA) is 59.3 Å². The van der Waals surface area contributed by atoms with Crippen LogP contribution in [0.1, 0.15) is 17.2 Å². The van der Waals surface area contributed by atoms with Crippen LogP contribution in [-0.4, -0.2) is 34.9 Å². The van der Waals surface area contributed by atoms with Gasteiger partial charge in [0.1, 0.15) is 5.75 Å². The smallest absolute Gasteiger partial charge is 0.124 e. The second kappa shape index (κ2) is 7.07. The molecule has 5 heteroatoms. The van der Waals surface area contributed by atoms with Gasteiger partial charge < -0.3 is 19.7 Å². The number of aliphatic hydroxyl groups excluding tert-OH is 1. The zero-order valence-corrected chi connectivity index (χ0v) is 11.9. The molecule has 0 aliphatic rings. The highest BCUT2D eigenvalue weighted by atomic mass is 16.5. The summed E-state index contributed by atoms with van der Waals surface area (Å²) in [5.74, 6) is 0.722. The lowest BCUT2D eigenvalue weighted by molar-refractivity contribution is 0.170. The number of methoxy groups -OCH3 is 1. The minimum atomic E-state index is -0.576. The third kappa shape index (κ3) is 3.82. The molecule has 0 fully saturated rings. The number of aromatic nitrogens is 2. The Balaban J connectivity index is 1.85. The zero-order valence-electron chi connectivity index (χ0n) is 11.9. The molecular weight excluding hydrogens is 254 g/mol. The Morgan fingerprint density at radius 2 is 2.30 bits per heavy atom. The third-order valence-electron chi connectivity index (χ3n) is 3.19. The minimum absolute atomic E-state index is 0.495. The number of hydrogen-bond acceptors (Lipinski definition) is 4. The first kappa shape index (κ1) is 14.6. The maximum Gasteiger partial charge on any atom is 0.124 e. The van der Waals surface area contributed by atoms with Crippen molar-refractivity contribution in [3.05, 3.63) is 48.0 Å². The largest absolute Gasteiger partial charge is 0.496 e. The van der Waals surface area contributed by atoms with Gasteiger partial charge in [0.05, 0.1) is 19.5 Å². The Morgan fingerprint density at radius 3 is 3.00 bits per heavy atom. The molecule has 1 heterocycles. The average molecular weight is 275 g/mol. The van der Waals surface area contributed by atoms with Crippen molar-refractivity contribution in [2.75, 3.05) is 20.2 Å². The molecule has 0 aliphatic heterocycles. The van der Waals surface area contributed by atoms with Crippen LogP contribution in [0, 0.1) is 6.92 Å². The van der Waals surface area contributed by atoms with Gasteiger partial charge in [-0.25, -0.2) is 4.98 Å². The molecule has 0 amide bonds.